The molecule has 0 spiro atoms. The number of benzene rings is 1. The largest absolute Gasteiger partial charge is 0.483 e. The number of amides is 1. The average molecular weight is 447 g/mol. The lowest BCUT2D eigenvalue weighted by Gasteiger charge is -2.38. The fourth-order valence-corrected chi connectivity index (χ4v) is 6.35. The third-order valence-corrected chi connectivity index (χ3v) is 8.20. The van der Waals surface area contributed by atoms with Crippen molar-refractivity contribution >= 4 is 15.9 Å². The summed E-state index contributed by atoms with van der Waals surface area (Å²) in [6, 6.07) is 7.79. The average Bonchev–Trinajstić information content (AvgIpc) is 3.09. The van der Waals surface area contributed by atoms with E-state index in [1.807, 2.05) is 24.3 Å². The molecule has 1 aromatic carbocycles. The van der Waals surface area contributed by atoms with E-state index in [1.165, 1.54) is 4.68 Å². The second-order valence-corrected chi connectivity index (χ2v) is 10.4. The Labute approximate surface area is 183 Å². The van der Waals surface area contributed by atoms with Gasteiger partial charge in [-0.2, -0.15) is 9.40 Å². The quantitative estimate of drug-likeness (QED) is 0.762. The van der Waals surface area contributed by atoms with E-state index in [-0.39, 0.29) is 29.4 Å². The SMILES string of the molecule is Cc1nn(C)cc1S(=O)(=O)N1CC[C@H]2NC(=O)COc3ccccc3CCCC[C@@H]2C1. The molecule has 2 atom stereocenters. The van der Waals surface area contributed by atoms with Gasteiger partial charge < -0.3 is 10.1 Å². The van der Waals surface area contributed by atoms with Gasteiger partial charge in [0.05, 0.1) is 5.69 Å². The highest BCUT2D eigenvalue weighted by Crippen LogP contribution is 2.29. The molecule has 0 unspecified atom stereocenters. The van der Waals surface area contributed by atoms with Crippen LogP contribution >= 0.6 is 0 Å². The number of hydrogen-bond donors (Lipinski definition) is 1. The first-order valence-corrected chi connectivity index (χ1v) is 12.3. The minimum atomic E-state index is -3.61. The van der Waals surface area contributed by atoms with Gasteiger partial charge in [0.15, 0.2) is 6.61 Å². The van der Waals surface area contributed by atoms with Gasteiger partial charge in [0.1, 0.15) is 10.6 Å². The van der Waals surface area contributed by atoms with Crippen molar-refractivity contribution in [1.82, 2.24) is 19.4 Å². The van der Waals surface area contributed by atoms with Crippen molar-refractivity contribution in [3.05, 3.63) is 41.7 Å². The molecule has 168 valence electrons. The van der Waals surface area contributed by atoms with Crippen molar-refractivity contribution in [3.63, 3.8) is 0 Å². The van der Waals surface area contributed by atoms with Crippen LogP contribution in [-0.4, -0.2) is 54.1 Å². The predicted octanol–water partition coefficient (Wildman–Crippen LogP) is 2.03. The predicted molar refractivity (Wildman–Crippen MR) is 116 cm³/mol. The molecule has 2 aromatic rings. The Morgan fingerprint density at radius 2 is 2.00 bits per heavy atom. The maximum absolute atomic E-state index is 13.2. The van der Waals surface area contributed by atoms with Crippen molar-refractivity contribution in [2.24, 2.45) is 13.0 Å². The summed E-state index contributed by atoms with van der Waals surface area (Å²) in [5, 5.41) is 7.28. The van der Waals surface area contributed by atoms with Gasteiger partial charge in [-0.15, -0.1) is 0 Å². The van der Waals surface area contributed by atoms with Gasteiger partial charge in [0, 0.05) is 32.4 Å². The summed E-state index contributed by atoms with van der Waals surface area (Å²) in [5.74, 6) is 0.673. The highest BCUT2D eigenvalue weighted by Gasteiger charge is 2.37. The second kappa shape index (κ2) is 9.00. The Balaban J connectivity index is 1.50. The molecule has 8 nitrogen and oxygen atoms in total. The lowest BCUT2D eigenvalue weighted by molar-refractivity contribution is -0.124. The molecule has 1 N–H and O–H groups in total. The van der Waals surface area contributed by atoms with E-state index in [9.17, 15) is 13.2 Å². The van der Waals surface area contributed by atoms with Crippen LogP contribution in [0.5, 0.6) is 5.75 Å². The first kappa shape index (κ1) is 21.8. The molecule has 0 radical (unpaired) electrons. The molecule has 0 bridgehead atoms. The van der Waals surface area contributed by atoms with Crippen LogP contribution in [0.2, 0.25) is 0 Å². The summed E-state index contributed by atoms with van der Waals surface area (Å²) >= 11 is 0. The van der Waals surface area contributed by atoms with Crippen LogP contribution in [0.15, 0.2) is 35.4 Å². The Morgan fingerprint density at radius 1 is 1.19 bits per heavy atom. The van der Waals surface area contributed by atoms with Gasteiger partial charge in [-0.3, -0.25) is 9.48 Å². The Kier molecular flexibility index (Phi) is 6.34. The van der Waals surface area contributed by atoms with Gasteiger partial charge >= 0.3 is 0 Å². The number of carbonyl (C=O) groups excluding carboxylic acids is 1. The summed E-state index contributed by atoms with van der Waals surface area (Å²) in [4.78, 5) is 12.8. The Bertz CT molecular complexity index is 1050. The van der Waals surface area contributed by atoms with Crippen molar-refractivity contribution in [2.75, 3.05) is 19.7 Å². The molecule has 1 aromatic heterocycles. The molecule has 9 heteroatoms. The normalized spacial score (nSPS) is 23.5. The lowest BCUT2D eigenvalue weighted by Crippen LogP contribution is -2.53. The summed E-state index contributed by atoms with van der Waals surface area (Å²) in [5.41, 5.74) is 1.61. The van der Waals surface area contributed by atoms with Crippen molar-refractivity contribution in [2.45, 2.75) is 50.0 Å². The number of hydrogen-bond acceptors (Lipinski definition) is 5. The van der Waals surface area contributed by atoms with E-state index in [2.05, 4.69) is 10.4 Å². The van der Waals surface area contributed by atoms with Crippen molar-refractivity contribution in [1.29, 1.82) is 0 Å². The number of aryl methyl sites for hydroxylation is 3. The maximum atomic E-state index is 13.2. The fourth-order valence-electron chi connectivity index (χ4n) is 4.63. The number of sulfonamides is 1. The van der Waals surface area contributed by atoms with E-state index in [0.717, 1.165) is 37.0 Å². The van der Waals surface area contributed by atoms with E-state index in [1.54, 1.807) is 24.5 Å². The second-order valence-electron chi connectivity index (χ2n) is 8.48. The minimum Gasteiger partial charge on any atom is -0.483 e. The first-order valence-electron chi connectivity index (χ1n) is 10.8. The number of para-hydroxylation sites is 1. The number of nitrogens with one attached hydrogen (secondary N) is 1. The molecule has 1 saturated heterocycles. The van der Waals surface area contributed by atoms with Crippen LogP contribution in [0, 0.1) is 12.8 Å². The molecule has 0 aliphatic carbocycles. The lowest BCUT2D eigenvalue weighted by atomic mass is 9.88. The molecule has 3 heterocycles. The topological polar surface area (TPSA) is 93.5 Å². The summed E-state index contributed by atoms with van der Waals surface area (Å²) in [6.45, 7) is 2.46. The van der Waals surface area contributed by atoms with Gasteiger partial charge in [0.2, 0.25) is 10.0 Å². The van der Waals surface area contributed by atoms with Crippen molar-refractivity contribution in [3.8, 4) is 5.75 Å². The van der Waals surface area contributed by atoms with Crippen LogP contribution < -0.4 is 10.1 Å². The first-order chi connectivity index (χ1) is 14.8. The number of rotatable bonds is 2. The number of carbonyl (C=O) groups is 1. The van der Waals surface area contributed by atoms with E-state index in [4.69, 9.17) is 4.74 Å². The molecular formula is C22H30N4O4S. The summed E-state index contributed by atoms with van der Waals surface area (Å²) in [7, 11) is -1.89. The Hall–Kier alpha value is -2.39. The number of aromatic nitrogens is 2. The number of ether oxygens (including phenoxy) is 1. The molecule has 0 saturated carbocycles. The van der Waals surface area contributed by atoms with Gasteiger partial charge in [-0.25, -0.2) is 8.42 Å². The summed E-state index contributed by atoms with van der Waals surface area (Å²) in [6.07, 6.45) is 5.86. The van der Waals surface area contributed by atoms with Crippen molar-refractivity contribution < 1.29 is 17.9 Å². The molecule has 31 heavy (non-hydrogen) atoms. The highest BCUT2D eigenvalue weighted by atomic mass is 32.2. The molecule has 2 aliphatic rings. The van der Waals surface area contributed by atoms with Gasteiger partial charge in [-0.05, 0) is 50.2 Å². The fraction of sp³-hybridized carbons (Fsp3) is 0.545. The number of nitrogens with zero attached hydrogens (tertiary/aromatic N) is 3. The molecule has 1 amide bonds. The molecule has 2 aliphatic heterocycles. The van der Waals surface area contributed by atoms with Crippen LogP contribution in [0.1, 0.15) is 36.9 Å². The zero-order valence-corrected chi connectivity index (χ0v) is 18.9. The zero-order chi connectivity index (χ0) is 22.0. The number of piperidine rings is 1. The smallest absolute Gasteiger partial charge is 0.258 e. The minimum absolute atomic E-state index is 0.0306. The van der Waals surface area contributed by atoms with Gasteiger partial charge in [-0.1, -0.05) is 24.6 Å². The molecule has 4 rings (SSSR count). The van der Waals surface area contributed by atoms with Gasteiger partial charge in [0.25, 0.3) is 5.91 Å². The van der Waals surface area contributed by atoms with E-state index >= 15 is 0 Å². The highest BCUT2D eigenvalue weighted by molar-refractivity contribution is 7.89. The Morgan fingerprint density at radius 3 is 2.77 bits per heavy atom. The standard InChI is InChI=1S/C22H30N4O4S/c1-16-21(14-25(2)24-16)31(28,29)26-12-11-19-18(13-26)9-4-3-7-17-8-5-6-10-20(17)30-15-22(27)23-19/h5-6,8,10,14,18-19H,3-4,7,9,11-13,15H2,1-2H3,(H,23,27)/t18-,19-/m1/s1. The third kappa shape index (κ3) is 4.77. The maximum Gasteiger partial charge on any atom is 0.258 e. The number of fused-ring (bicyclic) bond motifs is 2. The van der Waals surface area contributed by atoms with Crippen LogP contribution in [0.3, 0.4) is 0 Å². The van der Waals surface area contributed by atoms with Crippen LogP contribution in [0.25, 0.3) is 0 Å². The molecular weight excluding hydrogens is 416 g/mol. The van der Waals surface area contributed by atoms with E-state index in [0.29, 0.717) is 25.2 Å². The van der Waals surface area contributed by atoms with Crippen LogP contribution in [0.4, 0.5) is 0 Å². The monoisotopic (exact) mass is 446 g/mol. The van der Waals surface area contributed by atoms with E-state index < -0.39 is 10.0 Å². The van der Waals surface area contributed by atoms with Crippen LogP contribution in [-0.2, 0) is 28.3 Å². The summed E-state index contributed by atoms with van der Waals surface area (Å²) < 4.78 is 35.3. The third-order valence-electron chi connectivity index (χ3n) is 6.23. The molecule has 1 fully saturated rings. The zero-order valence-electron chi connectivity index (χ0n) is 18.1.